The van der Waals surface area contributed by atoms with Gasteiger partial charge in [-0.2, -0.15) is 13.2 Å². The normalized spacial score (nSPS) is 13.1. The van der Waals surface area contributed by atoms with Gasteiger partial charge >= 0.3 is 6.18 Å². The molecule has 0 amide bonds. The molecule has 0 fully saturated rings. The van der Waals surface area contributed by atoms with Crippen LogP contribution in [0.2, 0.25) is 5.02 Å². The highest BCUT2D eigenvalue weighted by atomic mass is 35.5. The van der Waals surface area contributed by atoms with Crippen LogP contribution in [-0.4, -0.2) is 9.19 Å². The van der Waals surface area contributed by atoms with Gasteiger partial charge in [-0.05, 0) is 29.8 Å². The van der Waals surface area contributed by atoms with Crippen molar-refractivity contribution in [2.24, 2.45) is 0 Å². The van der Waals surface area contributed by atoms with Crippen LogP contribution >= 0.6 is 11.6 Å². The van der Waals surface area contributed by atoms with Crippen LogP contribution in [0.1, 0.15) is 11.1 Å². The molecule has 21 heavy (non-hydrogen) atoms. The lowest BCUT2D eigenvalue weighted by Gasteiger charge is -2.11. The molecule has 0 radical (unpaired) electrons. The molecule has 2 rings (SSSR count). The lowest BCUT2D eigenvalue weighted by molar-refractivity contribution is -0.137. The summed E-state index contributed by atoms with van der Waals surface area (Å²) in [5.74, 6) is 0.0525. The highest BCUT2D eigenvalue weighted by Crippen LogP contribution is 2.32. The number of nitrogens with two attached hydrogens (primary N) is 1. The molecule has 0 saturated carbocycles. The van der Waals surface area contributed by atoms with Gasteiger partial charge in [0.15, 0.2) is 0 Å². The molecule has 1 atom stereocenters. The Bertz CT molecular complexity index is 691. The highest BCUT2D eigenvalue weighted by Gasteiger charge is 2.31. The zero-order valence-electron chi connectivity index (χ0n) is 10.5. The second kappa shape index (κ2) is 6.03. The van der Waals surface area contributed by atoms with Crippen LogP contribution in [0.3, 0.4) is 0 Å². The molecule has 1 heterocycles. The predicted octanol–water partition coefficient (Wildman–Crippen LogP) is 3.64. The van der Waals surface area contributed by atoms with Crippen molar-refractivity contribution in [2.75, 3.05) is 5.73 Å². The SMILES string of the molecule is Nc1cc(C(F)(F)F)ccc1S(=O)Cc1ccncc1Cl. The van der Waals surface area contributed by atoms with Crippen molar-refractivity contribution in [2.45, 2.75) is 16.8 Å². The van der Waals surface area contributed by atoms with Gasteiger partial charge in [0.25, 0.3) is 0 Å². The second-order valence-electron chi connectivity index (χ2n) is 4.21. The van der Waals surface area contributed by atoms with E-state index in [4.69, 9.17) is 17.3 Å². The van der Waals surface area contributed by atoms with Gasteiger partial charge in [0.1, 0.15) is 0 Å². The van der Waals surface area contributed by atoms with E-state index in [1.165, 1.54) is 12.4 Å². The largest absolute Gasteiger partial charge is 0.416 e. The van der Waals surface area contributed by atoms with E-state index in [-0.39, 0.29) is 16.3 Å². The van der Waals surface area contributed by atoms with E-state index in [1.807, 2.05) is 0 Å². The van der Waals surface area contributed by atoms with E-state index in [1.54, 1.807) is 6.07 Å². The first kappa shape index (κ1) is 15.8. The van der Waals surface area contributed by atoms with Crippen LogP contribution in [0.25, 0.3) is 0 Å². The van der Waals surface area contributed by atoms with E-state index in [2.05, 4.69) is 4.98 Å². The third-order valence-corrected chi connectivity index (χ3v) is 4.50. The fraction of sp³-hybridized carbons (Fsp3) is 0.154. The average Bonchev–Trinajstić information content (AvgIpc) is 2.40. The Hall–Kier alpha value is -1.60. The second-order valence-corrected chi connectivity index (χ2v) is 6.03. The summed E-state index contributed by atoms with van der Waals surface area (Å²) in [5.41, 5.74) is 5.13. The number of nitrogens with zero attached hydrogens (tertiary/aromatic N) is 1. The zero-order valence-corrected chi connectivity index (χ0v) is 12.1. The Morgan fingerprint density at radius 1 is 1.29 bits per heavy atom. The molecule has 0 spiro atoms. The van der Waals surface area contributed by atoms with Gasteiger partial charge in [0, 0.05) is 18.1 Å². The van der Waals surface area contributed by atoms with Crippen LogP contribution in [-0.2, 0) is 22.7 Å². The Kier molecular flexibility index (Phi) is 4.53. The fourth-order valence-electron chi connectivity index (χ4n) is 1.67. The number of hydrogen-bond acceptors (Lipinski definition) is 3. The third kappa shape index (κ3) is 3.74. The molecule has 1 unspecified atom stereocenters. The molecule has 0 aliphatic rings. The Morgan fingerprint density at radius 3 is 2.57 bits per heavy atom. The molecule has 8 heteroatoms. The summed E-state index contributed by atoms with van der Waals surface area (Å²) < 4.78 is 49.9. The number of anilines is 1. The van der Waals surface area contributed by atoms with Gasteiger partial charge in [0.2, 0.25) is 0 Å². The lowest BCUT2D eigenvalue weighted by Crippen LogP contribution is -2.08. The zero-order chi connectivity index (χ0) is 15.6. The van der Waals surface area contributed by atoms with Crippen molar-refractivity contribution in [3.63, 3.8) is 0 Å². The smallest absolute Gasteiger partial charge is 0.398 e. The molecule has 3 nitrogen and oxygen atoms in total. The summed E-state index contributed by atoms with van der Waals surface area (Å²) in [6, 6.07) is 4.36. The van der Waals surface area contributed by atoms with Crippen molar-refractivity contribution in [3.05, 3.63) is 52.8 Å². The van der Waals surface area contributed by atoms with Crippen molar-refractivity contribution in [3.8, 4) is 0 Å². The molecule has 0 saturated heterocycles. The number of hydrogen-bond donors (Lipinski definition) is 1. The summed E-state index contributed by atoms with van der Waals surface area (Å²) >= 11 is 5.90. The first-order valence-electron chi connectivity index (χ1n) is 5.72. The first-order valence-corrected chi connectivity index (χ1v) is 7.42. The standard InChI is InChI=1S/C13H10ClF3N2OS/c14-10-6-19-4-3-8(10)7-21(20)12-2-1-9(5-11(12)18)13(15,16)17/h1-6H,7,18H2. The molecule has 1 aromatic heterocycles. The Morgan fingerprint density at radius 2 is 2.00 bits per heavy atom. The Balaban J connectivity index is 2.26. The summed E-state index contributed by atoms with van der Waals surface area (Å²) in [6.07, 6.45) is -1.58. The quantitative estimate of drug-likeness (QED) is 0.872. The summed E-state index contributed by atoms with van der Waals surface area (Å²) in [7, 11) is -1.60. The third-order valence-electron chi connectivity index (χ3n) is 2.73. The highest BCUT2D eigenvalue weighted by molar-refractivity contribution is 7.84. The lowest BCUT2D eigenvalue weighted by atomic mass is 10.2. The van der Waals surface area contributed by atoms with E-state index < -0.39 is 22.5 Å². The number of nitrogen functional groups attached to an aromatic ring is 1. The van der Waals surface area contributed by atoms with Crippen LogP contribution in [0, 0.1) is 0 Å². The molecule has 2 N–H and O–H groups in total. The first-order chi connectivity index (χ1) is 9.79. The molecular weight excluding hydrogens is 325 g/mol. The van der Waals surface area contributed by atoms with Gasteiger partial charge < -0.3 is 5.73 Å². The minimum atomic E-state index is -4.48. The van der Waals surface area contributed by atoms with Crippen LogP contribution in [0.5, 0.6) is 0 Å². The summed E-state index contributed by atoms with van der Waals surface area (Å²) in [6.45, 7) is 0. The maximum atomic E-state index is 12.5. The molecule has 0 aliphatic carbocycles. The minimum absolute atomic E-state index is 0.0525. The van der Waals surface area contributed by atoms with Crippen molar-refractivity contribution < 1.29 is 17.4 Å². The van der Waals surface area contributed by atoms with Gasteiger partial charge in [-0.3, -0.25) is 9.19 Å². The molecule has 1 aromatic carbocycles. The number of benzene rings is 1. The molecule has 2 aromatic rings. The van der Waals surface area contributed by atoms with Gasteiger partial charge in [-0.1, -0.05) is 11.6 Å². The average molecular weight is 335 g/mol. The van der Waals surface area contributed by atoms with Crippen molar-refractivity contribution in [1.29, 1.82) is 0 Å². The maximum Gasteiger partial charge on any atom is 0.416 e. The number of pyridine rings is 1. The molecule has 112 valence electrons. The van der Waals surface area contributed by atoms with Gasteiger partial charge in [-0.25, -0.2) is 0 Å². The van der Waals surface area contributed by atoms with Crippen molar-refractivity contribution >= 4 is 28.1 Å². The van der Waals surface area contributed by atoms with E-state index in [0.29, 0.717) is 10.6 Å². The number of halogens is 4. The number of alkyl halides is 3. The van der Waals surface area contributed by atoms with Gasteiger partial charge in [0.05, 0.1) is 32.0 Å². The van der Waals surface area contributed by atoms with Gasteiger partial charge in [-0.15, -0.1) is 0 Å². The predicted molar refractivity (Wildman–Crippen MR) is 75.2 cm³/mol. The maximum absolute atomic E-state index is 12.5. The van der Waals surface area contributed by atoms with E-state index in [0.717, 1.165) is 18.2 Å². The summed E-state index contributed by atoms with van der Waals surface area (Å²) in [4.78, 5) is 3.95. The van der Waals surface area contributed by atoms with E-state index in [9.17, 15) is 17.4 Å². The fourth-order valence-corrected chi connectivity index (χ4v) is 3.17. The van der Waals surface area contributed by atoms with Crippen molar-refractivity contribution in [1.82, 2.24) is 4.98 Å². The monoisotopic (exact) mass is 334 g/mol. The van der Waals surface area contributed by atoms with Crippen LogP contribution in [0.4, 0.5) is 18.9 Å². The molecular formula is C13H10ClF3N2OS. The van der Waals surface area contributed by atoms with Crippen LogP contribution < -0.4 is 5.73 Å². The summed E-state index contributed by atoms with van der Waals surface area (Å²) in [5, 5.41) is 0.344. The Labute approximate surface area is 126 Å². The van der Waals surface area contributed by atoms with Crippen LogP contribution in [0.15, 0.2) is 41.6 Å². The van der Waals surface area contributed by atoms with E-state index >= 15 is 0 Å². The molecule has 0 bridgehead atoms. The molecule has 0 aliphatic heterocycles. The number of rotatable bonds is 3. The topological polar surface area (TPSA) is 56.0 Å². The number of aromatic nitrogens is 1. The minimum Gasteiger partial charge on any atom is -0.398 e.